The van der Waals surface area contributed by atoms with E-state index in [1.54, 1.807) is 48.4 Å². The Bertz CT molecular complexity index is 910. The van der Waals surface area contributed by atoms with Gasteiger partial charge in [0.1, 0.15) is 28.2 Å². The summed E-state index contributed by atoms with van der Waals surface area (Å²) in [6, 6.07) is 10.2. The summed E-state index contributed by atoms with van der Waals surface area (Å²) in [6.07, 6.45) is 0. The SMILES string of the molecule is COc1cc(OC)c(CN2CC(Sc3ccccc3O)C(=O)NCC2=O)c(OC)c1. The first kappa shape index (κ1) is 21.6. The number of methoxy groups -OCH3 is 3. The predicted molar refractivity (Wildman–Crippen MR) is 112 cm³/mol. The molecule has 2 amide bonds. The molecule has 9 heteroatoms. The number of rotatable bonds is 7. The number of phenols is 1. The molecule has 160 valence electrons. The molecule has 1 fully saturated rings. The number of para-hydroxylation sites is 1. The van der Waals surface area contributed by atoms with Crippen molar-refractivity contribution in [3.05, 3.63) is 42.0 Å². The molecule has 0 aromatic heterocycles. The fourth-order valence-corrected chi connectivity index (χ4v) is 4.25. The van der Waals surface area contributed by atoms with Crippen molar-refractivity contribution in [3.63, 3.8) is 0 Å². The smallest absolute Gasteiger partial charge is 0.242 e. The van der Waals surface area contributed by atoms with E-state index < -0.39 is 5.25 Å². The molecule has 1 atom stereocenters. The summed E-state index contributed by atoms with van der Waals surface area (Å²) in [6.45, 7) is 0.265. The predicted octanol–water partition coefficient (Wildman–Crippen LogP) is 2.04. The van der Waals surface area contributed by atoms with E-state index in [1.807, 2.05) is 0 Å². The maximum Gasteiger partial charge on any atom is 0.242 e. The van der Waals surface area contributed by atoms with Gasteiger partial charge in [-0.2, -0.15) is 0 Å². The van der Waals surface area contributed by atoms with E-state index in [4.69, 9.17) is 14.2 Å². The van der Waals surface area contributed by atoms with E-state index in [0.717, 1.165) is 0 Å². The van der Waals surface area contributed by atoms with Gasteiger partial charge in [-0.05, 0) is 12.1 Å². The van der Waals surface area contributed by atoms with E-state index in [1.165, 1.54) is 26.0 Å². The number of thioether (sulfide) groups is 1. The minimum absolute atomic E-state index is 0.0934. The summed E-state index contributed by atoms with van der Waals surface area (Å²) < 4.78 is 16.2. The molecule has 3 rings (SSSR count). The Labute approximate surface area is 179 Å². The van der Waals surface area contributed by atoms with Crippen LogP contribution in [-0.4, -0.2) is 61.5 Å². The average molecular weight is 432 g/mol. The first-order valence-corrected chi connectivity index (χ1v) is 10.1. The number of nitrogens with one attached hydrogen (secondary N) is 1. The van der Waals surface area contributed by atoms with Crippen LogP contribution in [0.3, 0.4) is 0 Å². The van der Waals surface area contributed by atoms with Crippen molar-refractivity contribution in [2.75, 3.05) is 34.4 Å². The van der Waals surface area contributed by atoms with Gasteiger partial charge in [0.2, 0.25) is 11.8 Å². The number of amides is 2. The molecule has 0 bridgehead atoms. The molecule has 1 aliphatic rings. The van der Waals surface area contributed by atoms with Crippen LogP contribution in [0, 0.1) is 0 Å². The molecule has 0 aliphatic carbocycles. The van der Waals surface area contributed by atoms with Crippen molar-refractivity contribution in [2.24, 2.45) is 0 Å². The van der Waals surface area contributed by atoms with Crippen LogP contribution in [0.2, 0.25) is 0 Å². The molecule has 1 aliphatic heterocycles. The van der Waals surface area contributed by atoms with Crippen molar-refractivity contribution in [2.45, 2.75) is 16.7 Å². The van der Waals surface area contributed by atoms with Crippen molar-refractivity contribution < 1.29 is 28.9 Å². The van der Waals surface area contributed by atoms with Gasteiger partial charge in [0.05, 0.1) is 40.0 Å². The number of ether oxygens (including phenoxy) is 3. The molecule has 1 heterocycles. The van der Waals surface area contributed by atoms with Gasteiger partial charge in [0.25, 0.3) is 0 Å². The van der Waals surface area contributed by atoms with E-state index in [0.29, 0.717) is 27.7 Å². The maximum atomic E-state index is 12.7. The first-order valence-electron chi connectivity index (χ1n) is 9.25. The van der Waals surface area contributed by atoms with Crippen LogP contribution in [-0.2, 0) is 16.1 Å². The zero-order valence-corrected chi connectivity index (χ0v) is 17.8. The number of nitrogens with zero attached hydrogens (tertiary/aromatic N) is 1. The summed E-state index contributed by atoms with van der Waals surface area (Å²) in [5.41, 5.74) is 0.676. The second kappa shape index (κ2) is 9.62. The highest BCUT2D eigenvalue weighted by atomic mass is 32.2. The van der Waals surface area contributed by atoms with Gasteiger partial charge in [0.15, 0.2) is 0 Å². The fourth-order valence-electron chi connectivity index (χ4n) is 3.15. The summed E-state index contributed by atoms with van der Waals surface area (Å²) in [7, 11) is 4.61. The highest BCUT2D eigenvalue weighted by Crippen LogP contribution is 2.36. The number of hydrogen-bond donors (Lipinski definition) is 2. The van der Waals surface area contributed by atoms with Crippen LogP contribution in [0.4, 0.5) is 0 Å². The lowest BCUT2D eigenvalue weighted by Crippen LogP contribution is -2.36. The van der Waals surface area contributed by atoms with Gasteiger partial charge in [-0.15, -0.1) is 11.8 Å². The monoisotopic (exact) mass is 432 g/mol. The Morgan fingerprint density at radius 3 is 2.37 bits per heavy atom. The Morgan fingerprint density at radius 2 is 1.77 bits per heavy atom. The molecule has 2 N–H and O–H groups in total. The molecule has 0 spiro atoms. The number of benzene rings is 2. The van der Waals surface area contributed by atoms with Crippen LogP contribution >= 0.6 is 11.8 Å². The fraction of sp³-hybridized carbons (Fsp3) is 0.333. The molecule has 30 heavy (non-hydrogen) atoms. The zero-order valence-electron chi connectivity index (χ0n) is 17.0. The van der Waals surface area contributed by atoms with Crippen LogP contribution in [0.15, 0.2) is 41.3 Å². The molecule has 1 unspecified atom stereocenters. The number of hydrogen-bond acceptors (Lipinski definition) is 7. The summed E-state index contributed by atoms with van der Waals surface area (Å²) in [4.78, 5) is 27.4. The van der Waals surface area contributed by atoms with Crippen molar-refractivity contribution >= 4 is 23.6 Å². The van der Waals surface area contributed by atoms with Gasteiger partial charge in [-0.3, -0.25) is 9.59 Å². The molecule has 1 saturated heterocycles. The number of carbonyl (C=O) groups is 2. The second-order valence-electron chi connectivity index (χ2n) is 6.58. The number of carbonyl (C=O) groups excluding carboxylic acids is 2. The van der Waals surface area contributed by atoms with Gasteiger partial charge >= 0.3 is 0 Å². The summed E-state index contributed by atoms with van der Waals surface area (Å²) in [5, 5.41) is 12.1. The Kier molecular flexibility index (Phi) is 6.94. The lowest BCUT2D eigenvalue weighted by Gasteiger charge is -2.25. The molecule has 0 saturated carbocycles. The van der Waals surface area contributed by atoms with Gasteiger partial charge in [-0.1, -0.05) is 12.1 Å². The lowest BCUT2D eigenvalue weighted by molar-refractivity contribution is -0.130. The minimum atomic E-state index is -0.583. The number of aromatic hydroxyl groups is 1. The van der Waals surface area contributed by atoms with Crippen molar-refractivity contribution in [1.82, 2.24) is 10.2 Å². The molecule has 8 nitrogen and oxygen atoms in total. The van der Waals surface area contributed by atoms with Crippen molar-refractivity contribution in [1.29, 1.82) is 0 Å². The topological polar surface area (TPSA) is 97.3 Å². The summed E-state index contributed by atoms with van der Waals surface area (Å²) >= 11 is 1.22. The highest BCUT2D eigenvalue weighted by Gasteiger charge is 2.31. The van der Waals surface area contributed by atoms with E-state index in [2.05, 4.69) is 5.32 Å². The molecular weight excluding hydrogens is 408 g/mol. The van der Waals surface area contributed by atoms with Crippen LogP contribution in [0.25, 0.3) is 0 Å². The molecule has 2 aromatic carbocycles. The summed E-state index contributed by atoms with van der Waals surface area (Å²) in [5.74, 6) is 1.23. The van der Waals surface area contributed by atoms with Crippen molar-refractivity contribution in [3.8, 4) is 23.0 Å². The van der Waals surface area contributed by atoms with Gasteiger partial charge in [-0.25, -0.2) is 0 Å². The van der Waals surface area contributed by atoms with Gasteiger partial charge < -0.3 is 29.5 Å². The van der Waals surface area contributed by atoms with Gasteiger partial charge in [0, 0.05) is 23.6 Å². The first-order chi connectivity index (χ1) is 14.5. The van der Waals surface area contributed by atoms with E-state index >= 15 is 0 Å². The third-order valence-corrected chi connectivity index (χ3v) is 5.99. The average Bonchev–Trinajstić information content (AvgIpc) is 2.89. The Morgan fingerprint density at radius 1 is 1.10 bits per heavy atom. The third kappa shape index (κ3) is 4.73. The highest BCUT2D eigenvalue weighted by molar-refractivity contribution is 8.00. The van der Waals surface area contributed by atoms with E-state index in [-0.39, 0.29) is 37.2 Å². The second-order valence-corrected chi connectivity index (χ2v) is 7.82. The number of phenolic OH excluding ortho intramolecular Hbond substituents is 1. The lowest BCUT2D eigenvalue weighted by atomic mass is 10.1. The van der Waals surface area contributed by atoms with Crippen LogP contribution in [0.1, 0.15) is 5.56 Å². The maximum absolute atomic E-state index is 12.7. The minimum Gasteiger partial charge on any atom is -0.507 e. The molecule has 2 aromatic rings. The molecular formula is C21H24N2O6S. The normalized spacial score (nSPS) is 16.6. The molecule has 0 radical (unpaired) electrons. The quantitative estimate of drug-likeness (QED) is 0.691. The third-order valence-electron chi connectivity index (χ3n) is 4.75. The van der Waals surface area contributed by atoms with E-state index in [9.17, 15) is 14.7 Å². The standard InChI is InChI=1S/C21H24N2O6S/c1-27-13-8-16(28-2)14(17(9-13)29-3)11-23-12-19(21(26)22-10-20(23)25)30-18-7-5-4-6-15(18)24/h4-9,19,24H,10-12H2,1-3H3,(H,22,26). The Balaban J connectivity index is 1.88. The zero-order chi connectivity index (χ0) is 21.7. The van der Waals surface area contributed by atoms with Crippen LogP contribution < -0.4 is 19.5 Å². The largest absolute Gasteiger partial charge is 0.507 e. The van der Waals surface area contributed by atoms with Crippen LogP contribution in [0.5, 0.6) is 23.0 Å². The Hall–Kier alpha value is -3.07.